The average molecular weight is 284 g/mol. The molecule has 0 saturated heterocycles. The topological polar surface area (TPSA) is 82.2 Å². The zero-order valence-electron chi connectivity index (χ0n) is 11.4. The molecule has 5 nitrogen and oxygen atoms in total. The van der Waals surface area contributed by atoms with Gasteiger partial charge < -0.3 is 15.4 Å². The molecule has 1 aromatic carbocycles. The Labute approximate surface area is 121 Å². The van der Waals surface area contributed by atoms with Crippen molar-refractivity contribution >= 4 is 11.7 Å². The number of nitrogens with one attached hydrogen (secondary N) is 2. The highest BCUT2D eigenvalue weighted by atomic mass is 16.4. The maximum atomic E-state index is 11.4. The van der Waals surface area contributed by atoms with E-state index in [0.29, 0.717) is 5.69 Å². The number of aromatic amines is 1. The van der Waals surface area contributed by atoms with Crippen molar-refractivity contribution in [3.63, 3.8) is 0 Å². The maximum Gasteiger partial charge on any atom is 0.337 e. The molecule has 0 amide bonds. The highest BCUT2D eigenvalue weighted by Gasteiger charge is 2.22. The summed E-state index contributed by atoms with van der Waals surface area (Å²) in [5.74, 6) is -0.949. The molecule has 3 N–H and O–H groups in total. The van der Waals surface area contributed by atoms with Gasteiger partial charge in [0.25, 0.3) is 0 Å². The summed E-state index contributed by atoms with van der Waals surface area (Å²) in [6.07, 6.45) is 2.72. The van der Waals surface area contributed by atoms with Crippen molar-refractivity contribution in [2.24, 2.45) is 0 Å². The second kappa shape index (κ2) is 5.44. The van der Waals surface area contributed by atoms with Crippen LogP contribution in [0.25, 0.3) is 0 Å². The van der Waals surface area contributed by atoms with Gasteiger partial charge in [-0.2, -0.15) is 0 Å². The minimum atomic E-state index is -0.949. The van der Waals surface area contributed by atoms with Crippen LogP contribution in [-0.2, 0) is 6.42 Å². The van der Waals surface area contributed by atoms with Crippen LogP contribution < -0.4 is 10.9 Å². The number of benzene rings is 1. The molecule has 1 aliphatic rings. The molecular formula is C16H16N2O3. The number of hydrogen-bond donors (Lipinski definition) is 3. The second-order valence-electron chi connectivity index (χ2n) is 5.20. The molecule has 108 valence electrons. The molecular weight excluding hydrogens is 268 g/mol. The maximum absolute atomic E-state index is 11.4. The molecule has 5 heteroatoms. The molecule has 1 aromatic heterocycles. The minimum absolute atomic E-state index is 0.0195. The van der Waals surface area contributed by atoms with Gasteiger partial charge in [0.05, 0.1) is 11.6 Å². The molecule has 0 saturated carbocycles. The first kappa shape index (κ1) is 13.4. The fourth-order valence-electron chi connectivity index (χ4n) is 2.83. The fourth-order valence-corrected chi connectivity index (χ4v) is 2.83. The quantitative estimate of drug-likeness (QED) is 0.809. The lowest BCUT2D eigenvalue weighted by molar-refractivity contribution is 0.0698. The lowest BCUT2D eigenvalue weighted by Gasteiger charge is -2.27. The number of carboxylic acid groups (broad SMARTS) is 1. The third kappa shape index (κ3) is 2.67. The first-order valence-electron chi connectivity index (χ1n) is 6.96. The van der Waals surface area contributed by atoms with Crippen molar-refractivity contribution < 1.29 is 9.90 Å². The molecule has 1 unspecified atom stereocenters. The number of carboxylic acids is 1. The van der Waals surface area contributed by atoms with E-state index in [9.17, 15) is 14.7 Å². The molecule has 0 radical (unpaired) electrons. The summed E-state index contributed by atoms with van der Waals surface area (Å²) >= 11 is 0. The van der Waals surface area contributed by atoms with Crippen LogP contribution in [0.15, 0.2) is 41.2 Å². The summed E-state index contributed by atoms with van der Waals surface area (Å²) in [7, 11) is 0. The van der Waals surface area contributed by atoms with Crippen molar-refractivity contribution in [2.45, 2.75) is 25.3 Å². The summed E-state index contributed by atoms with van der Waals surface area (Å²) in [5.41, 5.74) is 2.75. The van der Waals surface area contributed by atoms with E-state index in [1.807, 2.05) is 12.1 Å². The number of rotatable bonds is 3. The Morgan fingerprint density at radius 1 is 1.24 bits per heavy atom. The van der Waals surface area contributed by atoms with Gasteiger partial charge in [-0.05, 0) is 43.0 Å². The van der Waals surface area contributed by atoms with Crippen molar-refractivity contribution in [1.82, 2.24) is 4.98 Å². The van der Waals surface area contributed by atoms with Crippen LogP contribution in [0.4, 0.5) is 5.69 Å². The molecule has 0 spiro atoms. The van der Waals surface area contributed by atoms with E-state index < -0.39 is 5.97 Å². The monoisotopic (exact) mass is 284 g/mol. The minimum Gasteiger partial charge on any atom is -0.478 e. The van der Waals surface area contributed by atoms with Crippen molar-refractivity contribution in [1.29, 1.82) is 0 Å². The van der Waals surface area contributed by atoms with Crippen molar-refractivity contribution in [3.05, 3.63) is 63.6 Å². The van der Waals surface area contributed by atoms with E-state index in [1.165, 1.54) is 6.07 Å². The Balaban J connectivity index is 1.94. The number of anilines is 1. The third-order valence-corrected chi connectivity index (χ3v) is 3.82. The zero-order valence-corrected chi connectivity index (χ0v) is 11.4. The van der Waals surface area contributed by atoms with Crippen LogP contribution >= 0.6 is 0 Å². The number of aromatic nitrogens is 1. The molecule has 2 aromatic rings. The third-order valence-electron chi connectivity index (χ3n) is 3.82. The SMILES string of the molecule is O=C(O)c1ccccc1NC1CCCc2[nH]c(=O)ccc21. The molecule has 1 heterocycles. The average Bonchev–Trinajstić information content (AvgIpc) is 2.47. The number of H-pyrrole nitrogens is 1. The van der Waals surface area contributed by atoms with Gasteiger partial charge >= 0.3 is 5.97 Å². The van der Waals surface area contributed by atoms with Crippen LogP contribution in [0.5, 0.6) is 0 Å². The smallest absolute Gasteiger partial charge is 0.337 e. The van der Waals surface area contributed by atoms with Gasteiger partial charge in [-0.1, -0.05) is 12.1 Å². The molecule has 3 rings (SSSR count). The van der Waals surface area contributed by atoms with Crippen LogP contribution in [0.1, 0.15) is 40.5 Å². The van der Waals surface area contributed by atoms with Crippen molar-refractivity contribution in [2.75, 3.05) is 5.32 Å². The van der Waals surface area contributed by atoms with Crippen LogP contribution in [-0.4, -0.2) is 16.1 Å². The number of pyridine rings is 1. The molecule has 1 atom stereocenters. The Morgan fingerprint density at radius 3 is 2.86 bits per heavy atom. The number of fused-ring (bicyclic) bond motifs is 1. The lowest BCUT2D eigenvalue weighted by atomic mass is 9.91. The number of carbonyl (C=O) groups is 1. The predicted molar refractivity (Wildman–Crippen MR) is 79.8 cm³/mol. The second-order valence-corrected chi connectivity index (χ2v) is 5.20. The Hall–Kier alpha value is -2.56. The summed E-state index contributed by atoms with van der Waals surface area (Å²) in [4.78, 5) is 25.5. The Morgan fingerprint density at radius 2 is 2.05 bits per heavy atom. The normalized spacial score (nSPS) is 17.0. The summed E-state index contributed by atoms with van der Waals surface area (Å²) in [6.45, 7) is 0. The van der Waals surface area contributed by atoms with Crippen LogP contribution in [0.2, 0.25) is 0 Å². The highest BCUT2D eigenvalue weighted by molar-refractivity contribution is 5.94. The largest absolute Gasteiger partial charge is 0.478 e. The van der Waals surface area contributed by atoms with E-state index in [-0.39, 0.29) is 17.2 Å². The van der Waals surface area contributed by atoms with E-state index in [1.54, 1.807) is 18.2 Å². The summed E-state index contributed by atoms with van der Waals surface area (Å²) < 4.78 is 0. The Kier molecular flexibility index (Phi) is 3.48. The fraction of sp³-hybridized carbons (Fsp3) is 0.250. The van der Waals surface area contributed by atoms with Gasteiger partial charge in [-0.15, -0.1) is 0 Å². The number of para-hydroxylation sites is 1. The molecule has 1 aliphatic carbocycles. The highest BCUT2D eigenvalue weighted by Crippen LogP contribution is 2.31. The van der Waals surface area contributed by atoms with Gasteiger partial charge in [0, 0.05) is 17.4 Å². The van der Waals surface area contributed by atoms with Gasteiger partial charge in [0.15, 0.2) is 0 Å². The van der Waals surface area contributed by atoms with Gasteiger partial charge in [-0.25, -0.2) is 4.79 Å². The van der Waals surface area contributed by atoms with Gasteiger partial charge in [0.1, 0.15) is 0 Å². The number of hydrogen-bond acceptors (Lipinski definition) is 3. The number of aryl methyl sites for hydroxylation is 1. The van der Waals surface area contributed by atoms with E-state index in [4.69, 9.17) is 0 Å². The van der Waals surface area contributed by atoms with Crippen LogP contribution in [0, 0.1) is 0 Å². The van der Waals surface area contributed by atoms with Gasteiger partial charge in [0.2, 0.25) is 5.56 Å². The zero-order chi connectivity index (χ0) is 14.8. The number of aromatic carboxylic acids is 1. The molecule has 0 aliphatic heterocycles. The first-order chi connectivity index (χ1) is 10.1. The summed E-state index contributed by atoms with van der Waals surface area (Å²) in [6, 6.07) is 10.2. The molecule has 0 fully saturated rings. The lowest BCUT2D eigenvalue weighted by Crippen LogP contribution is -2.22. The summed E-state index contributed by atoms with van der Waals surface area (Å²) in [5, 5.41) is 12.5. The van der Waals surface area contributed by atoms with Gasteiger partial charge in [-0.3, -0.25) is 4.79 Å². The van der Waals surface area contributed by atoms with E-state index in [2.05, 4.69) is 10.3 Å². The van der Waals surface area contributed by atoms with E-state index in [0.717, 1.165) is 30.5 Å². The predicted octanol–water partition coefficient (Wildman–Crippen LogP) is 2.56. The van der Waals surface area contributed by atoms with E-state index >= 15 is 0 Å². The molecule has 0 bridgehead atoms. The molecule has 21 heavy (non-hydrogen) atoms. The standard InChI is InChI=1S/C16H16N2O3/c19-15-9-8-10-12(6-3-7-13(10)18-15)17-14-5-2-1-4-11(14)16(20)21/h1-2,4-5,8-9,12,17H,3,6-7H2,(H,18,19)(H,20,21). The Bertz CT molecular complexity index is 736. The van der Waals surface area contributed by atoms with Crippen molar-refractivity contribution in [3.8, 4) is 0 Å². The van der Waals surface area contributed by atoms with Crippen LogP contribution in [0.3, 0.4) is 0 Å². The first-order valence-corrected chi connectivity index (χ1v) is 6.96.